The lowest BCUT2D eigenvalue weighted by molar-refractivity contribution is 0.310. The second kappa shape index (κ2) is 3.63. The summed E-state index contributed by atoms with van der Waals surface area (Å²) in [6.07, 6.45) is 0. The number of fused-ring (bicyclic) bond motifs is 1. The van der Waals surface area contributed by atoms with Crippen LogP contribution < -0.4 is 15.8 Å². The van der Waals surface area contributed by atoms with Crippen LogP contribution in [0.2, 0.25) is 5.02 Å². The Bertz CT molecular complexity index is 370. The molecule has 0 fully saturated rings. The molecule has 1 heterocycles. The summed E-state index contributed by atoms with van der Waals surface area (Å²) in [6, 6.07) is 1.41. The predicted octanol–water partition coefficient (Wildman–Crippen LogP) is 1.54. The van der Waals surface area contributed by atoms with Gasteiger partial charge in [0.15, 0.2) is 11.6 Å². The number of nitrogens with two attached hydrogens (primary N) is 1. The van der Waals surface area contributed by atoms with E-state index in [-0.39, 0.29) is 10.8 Å². The number of halogens is 2. The fraction of sp³-hybridized carbons (Fsp3) is 0.333. The van der Waals surface area contributed by atoms with Gasteiger partial charge in [-0.2, -0.15) is 0 Å². The molecule has 0 aromatic heterocycles. The fourth-order valence-corrected chi connectivity index (χ4v) is 1.63. The van der Waals surface area contributed by atoms with Gasteiger partial charge in [0.1, 0.15) is 6.61 Å². The Hall–Kier alpha value is -1.00. The summed E-state index contributed by atoms with van der Waals surface area (Å²) in [4.78, 5) is 0. The van der Waals surface area contributed by atoms with Gasteiger partial charge in [-0.25, -0.2) is 4.39 Å². The lowest BCUT2D eigenvalue weighted by Gasteiger charge is -2.11. The summed E-state index contributed by atoms with van der Waals surface area (Å²) in [5.41, 5.74) is 6.81. The van der Waals surface area contributed by atoms with Crippen molar-refractivity contribution in [3.63, 3.8) is 0 Å². The van der Waals surface area contributed by atoms with Crippen molar-refractivity contribution < 1.29 is 9.13 Å². The van der Waals surface area contributed by atoms with Gasteiger partial charge in [0.25, 0.3) is 0 Å². The molecule has 14 heavy (non-hydrogen) atoms. The number of ether oxygens (including phenoxy) is 1. The number of hydrogen-bond donors (Lipinski definition) is 2. The Morgan fingerprint density at radius 3 is 3.14 bits per heavy atom. The van der Waals surface area contributed by atoms with E-state index in [4.69, 9.17) is 22.1 Å². The first-order chi connectivity index (χ1) is 6.70. The Balaban J connectivity index is 2.57. The zero-order valence-electron chi connectivity index (χ0n) is 7.44. The van der Waals surface area contributed by atoms with Crippen molar-refractivity contribution in [2.45, 2.75) is 6.54 Å². The largest absolute Gasteiger partial charge is 0.489 e. The zero-order chi connectivity index (χ0) is 10.1. The van der Waals surface area contributed by atoms with Crippen LogP contribution in [-0.4, -0.2) is 13.2 Å². The van der Waals surface area contributed by atoms with Gasteiger partial charge in [0, 0.05) is 24.3 Å². The van der Waals surface area contributed by atoms with Crippen LogP contribution in [0.15, 0.2) is 6.07 Å². The molecule has 0 radical (unpaired) electrons. The van der Waals surface area contributed by atoms with Gasteiger partial charge in [-0.3, -0.25) is 0 Å². The molecule has 0 unspecified atom stereocenters. The van der Waals surface area contributed by atoms with Crippen LogP contribution in [0.4, 0.5) is 10.1 Å². The molecule has 1 aromatic carbocycles. The smallest absolute Gasteiger partial charge is 0.184 e. The summed E-state index contributed by atoms with van der Waals surface area (Å²) < 4.78 is 18.7. The van der Waals surface area contributed by atoms with Crippen molar-refractivity contribution in [1.29, 1.82) is 0 Å². The van der Waals surface area contributed by atoms with Crippen molar-refractivity contribution in [2.24, 2.45) is 0 Å². The molecule has 1 aliphatic rings. The van der Waals surface area contributed by atoms with Gasteiger partial charge >= 0.3 is 0 Å². The van der Waals surface area contributed by atoms with E-state index in [2.05, 4.69) is 5.32 Å². The molecule has 0 saturated heterocycles. The Morgan fingerprint density at radius 1 is 1.57 bits per heavy atom. The summed E-state index contributed by atoms with van der Waals surface area (Å²) in [5, 5.41) is 3.08. The second-order valence-corrected chi connectivity index (χ2v) is 3.50. The molecule has 1 aromatic rings. The molecule has 0 saturated carbocycles. The summed E-state index contributed by atoms with van der Waals surface area (Å²) in [7, 11) is 0. The summed E-state index contributed by atoms with van der Waals surface area (Å²) in [5.74, 6) is -0.348. The van der Waals surface area contributed by atoms with E-state index in [9.17, 15) is 4.39 Å². The maximum absolute atomic E-state index is 13.5. The van der Waals surface area contributed by atoms with Crippen LogP contribution in [0.25, 0.3) is 0 Å². The van der Waals surface area contributed by atoms with E-state index in [1.165, 1.54) is 6.07 Å². The molecule has 0 amide bonds. The molecule has 0 bridgehead atoms. The lowest BCUT2D eigenvalue weighted by Crippen LogP contribution is -2.16. The lowest BCUT2D eigenvalue weighted by atomic mass is 10.1. The van der Waals surface area contributed by atoms with Crippen molar-refractivity contribution in [3.8, 4) is 5.75 Å². The van der Waals surface area contributed by atoms with E-state index in [0.717, 1.165) is 0 Å². The molecule has 2 rings (SSSR count). The first kappa shape index (κ1) is 9.55. The third-order valence-corrected chi connectivity index (χ3v) is 2.42. The van der Waals surface area contributed by atoms with Gasteiger partial charge in [-0.1, -0.05) is 11.6 Å². The van der Waals surface area contributed by atoms with Gasteiger partial charge in [0.2, 0.25) is 0 Å². The normalized spacial score (nSPS) is 15.6. The summed E-state index contributed by atoms with van der Waals surface area (Å²) in [6.45, 7) is 1.60. The van der Waals surface area contributed by atoms with Gasteiger partial charge in [-0.05, 0) is 6.07 Å². The van der Waals surface area contributed by atoms with Crippen LogP contribution in [0.1, 0.15) is 5.56 Å². The Labute approximate surface area is 86.0 Å². The van der Waals surface area contributed by atoms with Gasteiger partial charge in [-0.15, -0.1) is 0 Å². The van der Waals surface area contributed by atoms with E-state index < -0.39 is 5.82 Å². The molecular formula is C9H10ClFN2O. The number of nitrogens with one attached hydrogen (secondary N) is 1. The van der Waals surface area contributed by atoms with Crippen LogP contribution in [0.5, 0.6) is 5.75 Å². The van der Waals surface area contributed by atoms with E-state index >= 15 is 0 Å². The highest BCUT2D eigenvalue weighted by atomic mass is 35.5. The first-order valence-corrected chi connectivity index (χ1v) is 4.68. The topological polar surface area (TPSA) is 47.3 Å². The van der Waals surface area contributed by atoms with Crippen LogP contribution in [0.3, 0.4) is 0 Å². The second-order valence-electron chi connectivity index (χ2n) is 3.09. The monoisotopic (exact) mass is 216 g/mol. The van der Waals surface area contributed by atoms with E-state index in [0.29, 0.717) is 30.9 Å². The molecule has 76 valence electrons. The minimum Gasteiger partial charge on any atom is -0.489 e. The average molecular weight is 217 g/mol. The highest BCUT2D eigenvalue weighted by Crippen LogP contribution is 2.34. The standard InChI is InChI=1S/C9H10ClFN2O/c10-6-3-7(12)5-4-13-1-2-14-9(5)8(6)11/h3,13H,1-2,4,12H2. The number of benzene rings is 1. The van der Waals surface area contributed by atoms with Crippen LogP contribution >= 0.6 is 11.6 Å². The van der Waals surface area contributed by atoms with Crippen molar-refractivity contribution in [1.82, 2.24) is 5.32 Å². The first-order valence-electron chi connectivity index (χ1n) is 4.30. The Kier molecular flexibility index (Phi) is 2.48. The molecule has 0 atom stereocenters. The molecule has 0 spiro atoms. The molecule has 1 aliphatic heterocycles. The minimum absolute atomic E-state index is 0.00292. The molecule has 3 nitrogen and oxygen atoms in total. The Morgan fingerprint density at radius 2 is 2.36 bits per heavy atom. The van der Waals surface area contributed by atoms with Crippen molar-refractivity contribution >= 4 is 17.3 Å². The number of nitrogen functional groups attached to an aromatic ring is 1. The van der Waals surface area contributed by atoms with Crippen molar-refractivity contribution in [3.05, 3.63) is 22.5 Å². The van der Waals surface area contributed by atoms with Gasteiger partial charge < -0.3 is 15.8 Å². The molecule has 3 N–H and O–H groups in total. The maximum atomic E-state index is 13.5. The third-order valence-electron chi connectivity index (χ3n) is 2.14. The molecule has 5 heteroatoms. The number of anilines is 1. The maximum Gasteiger partial charge on any atom is 0.184 e. The highest BCUT2D eigenvalue weighted by Gasteiger charge is 2.19. The summed E-state index contributed by atoms with van der Waals surface area (Å²) >= 11 is 5.65. The molecular weight excluding hydrogens is 207 g/mol. The van der Waals surface area contributed by atoms with Crippen LogP contribution in [-0.2, 0) is 6.54 Å². The third kappa shape index (κ3) is 1.51. The number of rotatable bonds is 0. The molecule has 0 aliphatic carbocycles. The quantitative estimate of drug-likeness (QED) is 0.647. The van der Waals surface area contributed by atoms with Crippen molar-refractivity contribution in [2.75, 3.05) is 18.9 Å². The fourth-order valence-electron chi connectivity index (χ4n) is 1.43. The van der Waals surface area contributed by atoms with E-state index in [1.807, 2.05) is 0 Å². The minimum atomic E-state index is -0.528. The van der Waals surface area contributed by atoms with Crippen LogP contribution in [0, 0.1) is 5.82 Å². The number of hydrogen-bond acceptors (Lipinski definition) is 3. The zero-order valence-corrected chi connectivity index (χ0v) is 8.20. The van der Waals surface area contributed by atoms with E-state index in [1.54, 1.807) is 0 Å². The van der Waals surface area contributed by atoms with Gasteiger partial charge in [0.05, 0.1) is 5.02 Å². The predicted molar refractivity (Wildman–Crippen MR) is 53.0 cm³/mol. The average Bonchev–Trinajstić information content (AvgIpc) is 2.39. The SMILES string of the molecule is Nc1cc(Cl)c(F)c2c1CNCCO2. The highest BCUT2D eigenvalue weighted by molar-refractivity contribution is 6.31.